The molecular formula is C23H22FN7O. The van der Waals surface area contributed by atoms with Crippen LogP contribution in [0.3, 0.4) is 0 Å². The average molecular weight is 431 g/mol. The van der Waals surface area contributed by atoms with Crippen LogP contribution in [0.25, 0.3) is 22.4 Å². The third-order valence-corrected chi connectivity index (χ3v) is 5.76. The van der Waals surface area contributed by atoms with Crippen molar-refractivity contribution in [1.29, 1.82) is 0 Å². The molecule has 8 nitrogen and oxygen atoms in total. The van der Waals surface area contributed by atoms with Gasteiger partial charge in [0, 0.05) is 24.0 Å². The smallest absolute Gasteiger partial charge is 0.258 e. The zero-order valence-corrected chi connectivity index (χ0v) is 17.5. The first-order valence-corrected chi connectivity index (χ1v) is 10.5. The van der Waals surface area contributed by atoms with Crippen LogP contribution in [0, 0.1) is 5.82 Å². The number of nitrogens with zero attached hydrogens (tertiary/aromatic N) is 5. The number of halogens is 1. The number of hydrogen-bond donors (Lipinski definition) is 2. The quantitative estimate of drug-likeness (QED) is 0.499. The summed E-state index contributed by atoms with van der Waals surface area (Å²) in [5.41, 5.74) is 2.79. The van der Waals surface area contributed by atoms with Gasteiger partial charge in [0.1, 0.15) is 11.6 Å². The Morgan fingerprint density at radius 2 is 2.16 bits per heavy atom. The molecule has 162 valence electrons. The fourth-order valence-electron chi connectivity index (χ4n) is 4.02. The van der Waals surface area contributed by atoms with Crippen molar-refractivity contribution in [2.24, 2.45) is 0 Å². The SMILES string of the molecule is C[C@H]1CCCN1Cc1nc2ncc(NC(=O)c3ccc(-c4cnccn4)cc3F)cc2[nH]1. The van der Waals surface area contributed by atoms with Crippen LogP contribution < -0.4 is 5.32 Å². The molecule has 0 bridgehead atoms. The van der Waals surface area contributed by atoms with E-state index in [1.165, 1.54) is 37.4 Å². The van der Waals surface area contributed by atoms with Crippen molar-refractivity contribution in [3.63, 3.8) is 0 Å². The second-order valence-electron chi connectivity index (χ2n) is 7.98. The third kappa shape index (κ3) is 4.06. The summed E-state index contributed by atoms with van der Waals surface area (Å²) < 4.78 is 14.6. The number of anilines is 1. The second-order valence-corrected chi connectivity index (χ2v) is 7.98. The average Bonchev–Trinajstić information content (AvgIpc) is 3.39. The zero-order valence-electron chi connectivity index (χ0n) is 17.5. The van der Waals surface area contributed by atoms with Crippen molar-refractivity contribution in [3.8, 4) is 11.3 Å². The minimum absolute atomic E-state index is 0.0638. The summed E-state index contributed by atoms with van der Waals surface area (Å²) in [6.45, 7) is 4.02. The summed E-state index contributed by atoms with van der Waals surface area (Å²) >= 11 is 0. The topological polar surface area (TPSA) is 99.7 Å². The lowest BCUT2D eigenvalue weighted by molar-refractivity contribution is 0.102. The predicted octanol–water partition coefficient (Wildman–Crippen LogP) is 3.79. The minimum Gasteiger partial charge on any atom is -0.339 e. The molecule has 1 aromatic carbocycles. The fourth-order valence-corrected chi connectivity index (χ4v) is 4.02. The zero-order chi connectivity index (χ0) is 22.1. The van der Waals surface area contributed by atoms with Crippen LogP contribution in [0.2, 0.25) is 0 Å². The highest BCUT2D eigenvalue weighted by molar-refractivity contribution is 6.05. The van der Waals surface area contributed by atoms with Crippen LogP contribution in [-0.4, -0.2) is 48.3 Å². The first-order chi connectivity index (χ1) is 15.6. The lowest BCUT2D eigenvalue weighted by Crippen LogP contribution is -2.26. The first-order valence-electron chi connectivity index (χ1n) is 10.5. The molecule has 4 aromatic rings. The van der Waals surface area contributed by atoms with Crippen LogP contribution in [0.1, 0.15) is 35.9 Å². The van der Waals surface area contributed by atoms with Gasteiger partial charge < -0.3 is 10.3 Å². The Balaban J connectivity index is 1.32. The van der Waals surface area contributed by atoms with Crippen LogP contribution in [-0.2, 0) is 6.54 Å². The van der Waals surface area contributed by atoms with Gasteiger partial charge >= 0.3 is 0 Å². The minimum atomic E-state index is -0.636. The molecule has 2 N–H and O–H groups in total. The highest BCUT2D eigenvalue weighted by Crippen LogP contribution is 2.22. The maximum absolute atomic E-state index is 14.6. The molecule has 0 spiro atoms. The van der Waals surface area contributed by atoms with Crippen molar-refractivity contribution in [2.45, 2.75) is 32.4 Å². The number of amides is 1. The van der Waals surface area contributed by atoms with Crippen LogP contribution in [0.15, 0.2) is 49.1 Å². The van der Waals surface area contributed by atoms with Gasteiger partial charge in [0.15, 0.2) is 5.65 Å². The van der Waals surface area contributed by atoms with Crippen LogP contribution >= 0.6 is 0 Å². The van der Waals surface area contributed by atoms with E-state index in [4.69, 9.17) is 0 Å². The molecule has 4 heterocycles. The van der Waals surface area contributed by atoms with Gasteiger partial charge in [-0.15, -0.1) is 0 Å². The van der Waals surface area contributed by atoms with Crippen molar-refractivity contribution in [3.05, 3.63) is 66.3 Å². The maximum atomic E-state index is 14.6. The van der Waals surface area contributed by atoms with E-state index in [9.17, 15) is 9.18 Å². The number of H-pyrrole nitrogens is 1. The molecule has 5 rings (SSSR count). The molecule has 1 amide bonds. The van der Waals surface area contributed by atoms with E-state index in [0.29, 0.717) is 28.6 Å². The van der Waals surface area contributed by atoms with E-state index in [1.807, 2.05) is 0 Å². The second kappa shape index (κ2) is 8.43. The molecule has 9 heteroatoms. The van der Waals surface area contributed by atoms with Gasteiger partial charge in [-0.2, -0.15) is 0 Å². The number of carbonyl (C=O) groups is 1. The van der Waals surface area contributed by atoms with Gasteiger partial charge in [-0.25, -0.2) is 14.4 Å². The van der Waals surface area contributed by atoms with Crippen molar-refractivity contribution < 1.29 is 9.18 Å². The van der Waals surface area contributed by atoms with Gasteiger partial charge in [-0.05, 0) is 44.5 Å². The van der Waals surface area contributed by atoms with E-state index in [0.717, 1.165) is 24.4 Å². The Morgan fingerprint density at radius 3 is 2.91 bits per heavy atom. The maximum Gasteiger partial charge on any atom is 0.258 e. The number of pyridine rings is 1. The molecule has 1 fully saturated rings. The molecule has 3 aromatic heterocycles. The number of aromatic nitrogens is 5. The number of hydrogen-bond acceptors (Lipinski definition) is 6. The van der Waals surface area contributed by atoms with Gasteiger partial charge in [0.05, 0.1) is 41.4 Å². The van der Waals surface area contributed by atoms with Crippen LogP contribution in [0.4, 0.5) is 10.1 Å². The molecule has 32 heavy (non-hydrogen) atoms. The Labute approximate surface area is 184 Å². The molecular weight excluding hydrogens is 409 g/mol. The first kappa shape index (κ1) is 20.2. The molecule has 0 saturated carbocycles. The van der Waals surface area contributed by atoms with E-state index in [2.05, 4.69) is 42.1 Å². The Hall–Kier alpha value is -3.72. The number of likely N-dealkylation sites (tertiary alicyclic amines) is 1. The lowest BCUT2D eigenvalue weighted by Gasteiger charge is -2.18. The Kier molecular flexibility index (Phi) is 5.32. The summed E-state index contributed by atoms with van der Waals surface area (Å²) in [7, 11) is 0. The number of nitrogens with one attached hydrogen (secondary N) is 2. The van der Waals surface area contributed by atoms with Crippen molar-refractivity contribution in [1.82, 2.24) is 29.8 Å². The third-order valence-electron chi connectivity index (χ3n) is 5.76. The molecule has 0 aliphatic carbocycles. The number of imidazole rings is 1. The standard InChI is InChI=1S/C23H22FN7O/c1-14-3-2-8-31(14)13-21-29-19-10-16(11-27-22(19)30-21)28-23(32)17-5-4-15(9-18(17)24)20-12-25-6-7-26-20/h4-7,9-12,14H,2-3,8,13H2,1H3,(H,28,32)(H,27,29,30)/t14-/m0/s1. The number of fused-ring (bicyclic) bond motifs is 1. The van der Waals surface area contributed by atoms with Crippen molar-refractivity contribution in [2.75, 3.05) is 11.9 Å². The molecule has 1 atom stereocenters. The molecule has 0 unspecified atom stereocenters. The van der Waals surface area contributed by atoms with E-state index in [1.54, 1.807) is 24.5 Å². The largest absolute Gasteiger partial charge is 0.339 e. The number of aromatic amines is 1. The Morgan fingerprint density at radius 1 is 1.25 bits per heavy atom. The summed E-state index contributed by atoms with van der Waals surface area (Å²) in [5, 5.41) is 2.71. The van der Waals surface area contributed by atoms with Crippen molar-refractivity contribution >= 4 is 22.8 Å². The van der Waals surface area contributed by atoms with E-state index < -0.39 is 11.7 Å². The molecule has 1 aliphatic rings. The van der Waals surface area contributed by atoms with E-state index >= 15 is 0 Å². The number of carbonyl (C=O) groups excluding carboxylic acids is 1. The van der Waals surface area contributed by atoms with Gasteiger partial charge in [-0.3, -0.25) is 19.7 Å². The number of benzene rings is 1. The molecule has 1 saturated heterocycles. The predicted molar refractivity (Wildman–Crippen MR) is 118 cm³/mol. The number of rotatable bonds is 5. The highest BCUT2D eigenvalue weighted by atomic mass is 19.1. The Bertz CT molecular complexity index is 1270. The highest BCUT2D eigenvalue weighted by Gasteiger charge is 2.21. The van der Waals surface area contributed by atoms with Gasteiger partial charge in [0.25, 0.3) is 5.91 Å². The van der Waals surface area contributed by atoms with Gasteiger partial charge in [0.2, 0.25) is 0 Å². The van der Waals surface area contributed by atoms with Gasteiger partial charge in [-0.1, -0.05) is 6.07 Å². The molecule has 1 aliphatic heterocycles. The monoisotopic (exact) mass is 431 g/mol. The summed E-state index contributed by atoms with van der Waals surface area (Å²) in [5.74, 6) is -0.349. The lowest BCUT2D eigenvalue weighted by atomic mass is 10.1. The molecule has 0 radical (unpaired) electrons. The van der Waals surface area contributed by atoms with E-state index in [-0.39, 0.29) is 5.56 Å². The normalized spacial score (nSPS) is 16.5. The summed E-state index contributed by atoms with van der Waals surface area (Å²) in [4.78, 5) is 35.3. The fraction of sp³-hybridized carbons (Fsp3) is 0.261. The van der Waals surface area contributed by atoms with Crippen LogP contribution in [0.5, 0.6) is 0 Å². The summed E-state index contributed by atoms with van der Waals surface area (Å²) in [6, 6.07) is 6.66. The summed E-state index contributed by atoms with van der Waals surface area (Å²) in [6.07, 6.45) is 8.54.